The van der Waals surface area contributed by atoms with Crippen molar-refractivity contribution < 1.29 is 4.79 Å². The Hall–Kier alpha value is -2.98. The topological polar surface area (TPSA) is 53.8 Å². The van der Waals surface area contributed by atoms with Crippen LogP contribution in [0.15, 0.2) is 89.1 Å². The first-order chi connectivity index (χ1) is 12.2. The van der Waals surface area contributed by atoms with Crippen molar-refractivity contribution in [2.24, 2.45) is 10.2 Å². The number of azo groups is 1. The summed E-state index contributed by atoms with van der Waals surface area (Å²) in [5, 5.41) is 11.8. The van der Waals surface area contributed by atoms with E-state index in [1.54, 1.807) is 30.3 Å². The number of rotatable bonds is 5. The molecule has 5 heteroatoms. The Morgan fingerprint density at radius 2 is 1.40 bits per heavy atom. The van der Waals surface area contributed by atoms with Gasteiger partial charge in [0.2, 0.25) is 5.91 Å². The Balaban J connectivity index is 1.60. The van der Waals surface area contributed by atoms with Gasteiger partial charge in [0.1, 0.15) is 0 Å². The lowest BCUT2D eigenvalue weighted by molar-refractivity contribution is -0.115. The van der Waals surface area contributed by atoms with Crippen LogP contribution in [0.3, 0.4) is 0 Å². The van der Waals surface area contributed by atoms with Gasteiger partial charge in [0, 0.05) is 10.7 Å². The molecule has 0 aliphatic carbocycles. The first kappa shape index (κ1) is 16.9. The number of nitrogens with one attached hydrogen (secondary N) is 1. The molecule has 25 heavy (non-hydrogen) atoms. The van der Waals surface area contributed by atoms with Crippen LogP contribution in [0.2, 0.25) is 5.02 Å². The van der Waals surface area contributed by atoms with Crippen LogP contribution in [0, 0.1) is 0 Å². The summed E-state index contributed by atoms with van der Waals surface area (Å²) in [5.74, 6) is -0.119. The van der Waals surface area contributed by atoms with Crippen LogP contribution in [-0.4, -0.2) is 5.91 Å². The van der Waals surface area contributed by atoms with Gasteiger partial charge in [-0.1, -0.05) is 48.0 Å². The van der Waals surface area contributed by atoms with Gasteiger partial charge in [-0.2, -0.15) is 10.2 Å². The van der Waals surface area contributed by atoms with Gasteiger partial charge in [-0.05, 0) is 48.0 Å². The number of carbonyl (C=O) groups is 1. The molecule has 0 fully saturated rings. The van der Waals surface area contributed by atoms with E-state index in [9.17, 15) is 4.79 Å². The number of hydrogen-bond acceptors (Lipinski definition) is 3. The van der Waals surface area contributed by atoms with Gasteiger partial charge in [-0.15, -0.1) is 0 Å². The molecule has 0 spiro atoms. The fourth-order valence-electron chi connectivity index (χ4n) is 2.24. The minimum atomic E-state index is -0.119. The van der Waals surface area contributed by atoms with Gasteiger partial charge in [0.05, 0.1) is 17.8 Å². The largest absolute Gasteiger partial charge is 0.326 e. The predicted molar refractivity (Wildman–Crippen MR) is 101 cm³/mol. The second kappa shape index (κ2) is 8.22. The second-order valence-corrected chi connectivity index (χ2v) is 5.81. The molecule has 3 rings (SSSR count). The molecular weight excluding hydrogens is 334 g/mol. The molecule has 0 heterocycles. The molecule has 3 aromatic carbocycles. The summed E-state index contributed by atoms with van der Waals surface area (Å²) >= 11 is 6.07. The van der Waals surface area contributed by atoms with Crippen molar-refractivity contribution in [3.63, 3.8) is 0 Å². The number of nitrogens with zero attached hydrogens (tertiary/aromatic N) is 2. The fraction of sp³-hybridized carbons (Fsp3) is 0.0500. The molecular formula is C20H16ClN3O. The zero-order valence-electron chi connectivity index (χ0n) is 13.4. The van der Waals surface area contributed by atoms with E-state index in [2.05, 4.69) is 15.5 Å². The molecule has 0 bridgehead atoms. The second-order valence-electron chi connectivity index (χ2n) is 5.40. The third-order valence-electron chi connectivity index (χ3n) is 3.50. The third kappa shape index (κ3) is 4.99. The Bertz CT molecular complexity index is 877. The molecule has 0 aliphatic heterocycles. The van der Waals surface area contributed by atoms with Gasteiger partial charge in [0.15, 0.2) is 0 Å². The Morgan fingerprint density at radius 1 is 0.800 bits per heavy atom. The molecule has 0 radical (unpaired) electrons. The molecule has 0 saturated heterocycles. The summed E-state index contributed by atoms with van der Waals surface area (Å²) in [7, 11) is 0. The van der Waals surface area contributed by atoms with Crippen molar-refractivity contribution in [2.45, 2.75) is 6.42 Å². The van der Waals surface area contributed by atoms with Crippen LogP contribution in [0.4, 0.5) is 17.1 Å². The highest BCUT2D eigenvalue weighted by Crippen LogP contribution is 2.21. The molecule has 1 amide bonds. The average molecular weight is 350 g/mol. The van der Waals surface area contributed by atoms with E-state index >= 15 is 0 Å². The molecule has 0 aliphatic rings. The van der Waals surface area contributed by atoms with Crippen molar-refractivity contribution in [1.29, 1.82) is 0 Å². The van der Waals surface area contributed by atoms with Crippen LogP contribution in [0.5, 0.6) is 0 Å². The van der Waals surface area contributed by atoms with Crippen LogP contribution in [0.1, 0.15) is 5.56 Å². The SMILES string of the molecule is O=C(Cc1ccccc1Cl)Nc1ccc(N=Nc2ccccc2)cc1. The minimum absolute atomic E-state index is 0.119. The Morgan fingerprint density at radius 3 is 2.08 bits per heavy atom. The van der Waals surface area contributed by atoms with E-state index in [1.807, 2.05) is 48.5 Å². The molecule has 0 atom stereocenters. The lowest BCUT2D eigenvalue weighted by Gasteiger charge is -2.06. The minimum Gasteiger partial charge on any atom is -0.326 e. The Kier molecular flexibility index (Phi) is 5.54. The monoisotopic (exact) mass is 349 g/mol. The predicted octanol–water partition coefficient (Wildman–Crippen LogP) is 5.94. The van der Waals surface area contributed by atoms with E-state index < -0.39 is 0 Å². The Labute approximate surface area is 151 Å². The maximum atomic E-state index is 12.1. The van der Waals surface area contributed by atoms with Crippen molar-refractivity contribution in [3.8, 4) is 0 Å². The highest BCUT2D eigenvalue weighted by molar-refractivity contribution is 6.31. The average Bonchev–Trinajstić information content (AvgIpc) is 2.64. The number of hydrogen-bond donors (Lipinski definition) is 1. The number of amides is 1. The van der Waals surface area contributed by atoms with E-state index in [-0.39, 0.29) is 12.3 Å². The number of anilines is 1. The van der Waals surface area contributed by atoms with Gasteiger partial charge >= 0.3 is 0 Å². The molecule has 4 nitrogen and oxygen atoms in total. The zero-order chi connectivity index (χ0) is 17.5. The van der Waals surface area contributed by atoms with E-state index in [1.165, 1.54) is 0 Å². The quantitative estimate of drug-likeness (QED) is 0.569. The number of halogens is 1. The fourth-order valence-corrected chi connectivity index (χ4v) is 2.44. The third-order valence-corrected chi connectivity index (χ3v) is 3.87. The number of benzene rings is 3. The van der Waals surface area contributed by atoms with Gasteiger partial charge < -0.3 is 5.32 Å². The summed E-state index contributed by atoms with van der Waals surface area (Å²) in [6.45, 7) is 0. The standard InChI is InChI=1S/C20H16ClN3O/c21-19-9-5-4-6-15(19)14-20(25)22-16-10-12-18(13-11-16)24-23-17-7-2-1-3-8-17/h1-13H,14H2,(H,22,25). The molecule has 0 unspecified atom stereocenters. The normalized spacial score (nSPS) is 10.8. The summed E-state index contributed by atoms with van der Waals surface area (Å²) < 4.78 is 0. The zero-order valence-corrected chi connectivity index (χ0v) is 14.1. The smallest absolute Gasteiger partial charge is 0.228 e. The van der Waals surface area contributed by atoms with Crippen molar-refractivity contribution in [2.75, 3.05) is 5.32 Å². The summed E-state index contributed by atoms with van der Waals surface area (Å²) in [6.07, 6.45) is 0.231. The molecule has 3 aromatic rings. The van der Waals surface area contributed by atoms with Crippen molar-refractivity contribution in [3.05, 3.63) is 89.4 Å². The molecule has 124 valence electrons. The van der Waals surface area contributed by atoms with Crippen LogP contribution in [-0.2, 0) is 11.2 Å². The maximum Gasteiger partial charge on any atom is 0.228 e. The lowest BCUT2D eigenvalue weighted by Crippen LogP contribution is -2.14. The molecule has 0 saturated carbocycles. The highest BCUT2D eigenvalue weighted by atomic mass is 35.5. The summed E-state index contributed by atoms with van der Waals surface area (Å²) in [6, 6.07) is 24.0. The summed E-state index contributed by atoms with van der Waals surface area (Å²) in [5.41, 5.74) is 3.01. The molecule has 1 N–H and O–H groups in total. The maximum absolute atomic E-state index is 12.1. The first-order valence-corrected chi connectivity index (χ1v) is 8.18. The van der Waals surface area contributed by atoms with Crippen molar-refractivity contribution >= 4 is 34.6 Å². The first-order valence-electron chi connectivity index (χ1n) is 7.81. The van der Waals surface area contributed by atoms with Gasteiger partial charge in [-0.25, -0.2) is 0 Å². The van der Waals surface area contributed by atoms with Gasteiger partial charge in [-0.3, -0.25) is 4.79 Å². The van der Waals surface area contributed by atoms with E-state index in [4.69, 9.17) is 11.6 Å². The molecule has 0 aromatic heterocycles. The van der Waals surface area contributed by atoms with E-state index in [0.717, 1.165) is 11.3 Å². The highest BCUT2D eigenvalue weighted by Gasteiger charge is 2.07. The summed E-state index contributed by atoms with van der Waals surface area (Å²) in [4.78, 5) is 12.1. The van der Waals surface area contributed by atoms with Gasteiger partial charge in [0.25, 0.3) is 0 Å². The number of carbonyl (C=O) groups excluding carboxylic acids is 1. The van der Waals surface area contributed by atoms with Crippen molar-refractivity contribution in [1.82, 2.24) is 0 Å². The van der Waals surface area contributed by atoms with Crippen LogP contribution >= 0.6 is 11.6 Å². The van der Waals surface area contributed by atoms with Crippen LogP contribution < -0.4 is 5.32 Å². The van der Waals surface area contributed by atoms with Crippen LogP contribution in [0.25, 0.3) is 0 Å². The lowest BCUT2D eigenvalue weighted by atomic mass is 10.1. The van der Waals surface area contributed by atoms with E-state index in [0.29, 0.717) is 16.4 Å².